The number of amides is 2. The van der Waals surface area contributed by atoms with E-state index in [4.69, 9.17) is 5.73 Å². The maximum Gasteiger partial charge on any atom is 0.319 e. The van der Waals surface area contributed by atoms with Crippen LogP contribution in [-0.4, -0.2) is 42.9 Å². The number of nitrogens with two attached hydrogens (primary N) is 1. The quantitative estimate of drug-likeness (QED) is 0.632. The van der Waals surface area contributed by atoms with Gasteiger partial charge in [-0.1, -0.05) is 0 Å². The molecule has 2 aromatic rings. The van der Waals surface area contributed by atoms with Gasteiger partial charge in [-0.25, -0.2) is 27.6 Å². The van der Waals surface area contributed by atoms with Crippen LogP contribution in [0.4, 0.5) is 20.7 Å². The Morgan fingerprint density at radius 1 is 1.21 bits per heavy atom. The number of hydrogen-bond donors (Lipinski definition) is 3. The Bertz CT molecular complexity index is 1030. The van der Waals surface area contributed by atoms with Crippen molar-refractivity contribution in [3.63, 3.8) is 0 Å². The van der Waals surface area contributed by atoms with Crippen LogP contribution in [0.1, 0.15) is 31.4 Å². The fourth-order valence-corrected chi connectivity index (χ4v) is 5.83. The molecule has 8 nitrogen and oxygen atoms in total. The second-order valence-corrected chi connectivity index (χ2v) is 9.93. The van der Waals surface area contributed by atoms with Crippen LogP contribution < -0.4 is 16.4 Å². The highest BCUT2D eigenvalue weighted by molar-refractivity contribution is 7.93. The molecule has 1 heterocycles. The molecule has 4 N–H and O–H groups in total. The van der Waals surface area contributed by atoms with Gasteiger partial charge in [0.2, 0.25) is 0 Å². The van der Waals surface area contributed by atoms with Gasteiger partial charge in [0, 0.05) is 23.9 Å². The molecule has 0 aliphatic heterocycles. The highest BCUT2D eigenvalue weighted by Gasteiger charge is 2.61. The Balaban J connectivity index is 1.58. The molecule has 1 aromatic carbocycles. The highest BCUT2D eigenvalue weighted by atomic mass is 32.2. The molecule has 29 heavy (non-hydrogen) atoms. The van der Waals surface area contributed by atoms with Gasteiger partial charge in [0.05, 0.1) is 10.9 Å². The molecule has 1 aromatic heterocycles. The van der Waals surface area contributed by atoms with E-state index in [1.807, 2.05) is 0 Å². The third-order valence-corrected chi connectivity index (χ3v) is 8.26. The summed E-state index contributed by atoms with van der Waals surface area (Å²) in [6.07, 6.45) is 2.53. The molecule has 2 aliphatic carbocycles. The van der Waals surface area contributed by atoms with Gasteiger partial charge in [0.15, 0.2) is 15.7 Å². The number of nitrogen functional groups attached to an aromatic ring is 1. The first-order valence-electron chi connectivity index (χ1n) is 9.45. The molecule has 154 valence electrons. The molecule has 0 saturated heterocycles. The second kappa shape index (κ2) is 7.25. The standard InChI is InChI=1S/C19H22FN5O3S/c20-9-10-22-18(26)23-13-3-1-12(2-4-13)17-24-15(11-16(21)25-17)19(7-8-19)29(27,28)14-5-6-14/h1-4,11,14H,5-10H2,(H2,21,24,25)(H2,22,23,26). The minimum absolute atomic E-state index is 0.0602. The lowest BCUT2D eigenvalue weighted by molar-refractivity contribution is 0.251. The number of carbonyl (C=O) groups excluding carboxylic acids is 1. The van der Waals surface area contributed by atoms with Crippen molar-refractivity contribution in [3.8, 4) is 11.4 Å². The zero-order valence-corrected chi connectivity index (χ0v) is 16.5. The number of alkyl halides is 1. The van der Waals surface area contributed by atoms with Crippen molar-refractivity contribution in [2.45, 2.75) is 35.7 Å². The van der Waals surface area contributed by atoms with E-state index in [9.17, 15) is 17.6 Å². The average molecular weight is 419 g/mol. The smallest absolute Gasteiger partial charge is 0.319 e. The zero-order valence-electron chi connectivity index (χ0n) is 15.7. The molecular weight excluding hydrogens is 397 g/mol. The van der Waals surface area contributed by atoms with Crippen molar-refractivity contribution < 1.29 is 17.6 Å². The number of hydrogen-bond acceptors (Lipinski definition) is 6. The van der Waals surface area contributed by atoms with E-state index in [1.54, 1.807) is 30.3 Å². The first-order chi connectivity index (χ1) is 13.9. The van der Waals surface area contributed by atoms with E-state index in [0.717, 1.165) is 0 Å². The summed E-state index contributed by atoms with van der Waals surface area (Å²) >= 11 is 0. The third-order valence-electron chi connectivity index (χ3n) is 5.21. The van der Waals surface area contributed by atoms with Crippen LogP contribution in [0.15, 0.2) is 30.3 Å². The van der Waals surface area contributed by atoms with Gasteiger partial charge in [0.1, 0.15) is 17.2 Å². The van der Waals surface area contributed by atoms with Crippen LogP contribution in [0.25, 0.3) is 11.4 Å². The molecule has 2 fully saturated rings. The number of carbonyl (C=O) groups is 1. The number of rotatable bonds is 7. The van der Waals surface area contributed by atoms with E-state index < -0.39 is 27.3 Å². The normalized spacial score (nSPS) is 17.6. The monoisotopic (exact) mass is 419 g/mol. The molecule has 0 bridgehead atoms. The van der Waals surface area contributed by atoms with E-state index in [0.29, 0.717) is 48.5 Å². The van der Waals surface area contributed by atoms with E-state index in [-0.39, 0.29) is 17.6 Å². The summed E-state index contributed by atoms with van der Waals surface area (Å²) in [5.74, 6) is 0.556. The summed E-state index contributed by atoms with van der Waals surface area (Å²) in [5, 5.41) is 4.70. The fourth-order valence-electron chi connectivity index (χ4n) is 3.36. The highest BCUT2D eigenvalue weighted by Crippen LogP contribution is 2.57. The molecule has 0 radical (unpaired) electrons. The molecular formula is C19H22FN5O3S. The summed E-state index contributed by atoms with van der Waals surface area (Å²) < 4.78 is 36.9. The molecule has 10 heteroatoms. The summed E-state index contributed by atoms with van der Waals surface area (Å²) in [4.78, 5) is 20.4. The number of nitrogens with zero attached hydrogens (tertiary/aromatic N) is 2. The third kappa shape index (κ3) is 3.76. The first-order valence-corrected chi connectivity index (χ1v) is 11.0. The summed E-state index contributed by atoms with van der Waals surface area (Å²) in [6.45, 7) is -0.700. The van der Waals surface area contributed by atoms with E-state index in [1.165, 1.54) is 0 Å². The van der Waals surface area contributed by atoms with Gasteiger partial charge in [-0.3, -0.25) is 0 Å². The lowest BCUT2D eigenvalue weighted by atomic mass is 10.1. The first kappa shape index (κ1) is 19.6. The van der Waals surface area contributed by atoms with Crippen molar-refractivity contribution in [1.82, 2.24) is 15.3 Å². The predicted octanol–water partition coefficient (Wildman–Crippen LogP) is 2.38. The number of urea groups is 1. The van der Waals surface area contributed by atoms with Crippen molar-refractivity contribution in [2.75, 3.05) is 24.3 Å². The SMILES string of the molecule is Nc1cc(C2(S(=O)(=O)C3CC3)CC2)nc(-c2ccc(NC(=O)NCCF)cc2)n1. The minimum Gasteiger partial charge on any atom is -0.384 e. The molecule has 2 aliphatic rings. The van der Waals surface area contributed by atoms with E-state index in [2.05, 4.69) is 20.6 Å². The molecule has 2 saturated carbocycles. The summed E-state index contributed by atoms with van der Waals surface area (Å²) in [5.41, 5.74) is 7.58. The predicted molar refractivity (Wildman–Crippen MR) is 108 cm³/mol. The average Bonchev–Trinajstić information content (AvgIpc) is 3.58. The molecule has 4 rings (SSSR count). The van der Waals surface area contributed by atoms with Crippen LogP contribution in [-0.2, 0) is 14.6 Å². The Morgan fingerprint density at radius 3 is 2.48 bits per heavy atom. The molecule has 0 spiro atoms. The summed E-state index contributed by atoms with van der Waals surface area (Å²) in [6, 6.07) is 7.78. The van der Waals surface area contributed by atoms with Crippen molar-refractivity contribution in [3.05, 3.63) is 36.0 Å². The summed E-state index contributed by atoms with van der Waals surface area (Å²) in [7, 11) is -3.28. The minimum atomic E-state index is -3.28. The number of nitrogens with one attached hydrogen (secondary N) is 2. The molecule has 2 amide bonds. The number of aromatic nitrogens is 2. The Kier molecular flexibility index (Phi) is 4.89. The van der Waals surface area contributed by atoms with Crippen LogP contribution in [0, 0.1) is 0 Å². The van der Waals surface area contributed by atoms with Gasteiger partial charge in [0.25, 0.3) is 0 Å². The van der Waals surface area contributed by atoms with Gasteiger partial charge >= 0.3 is 6.03 Å². The lowest BCUT2D eigenvalue weighted by Gasteiger charge is -2.17. The van der Waals surface area contributed by atoms with Gasteiger partial charge in [-0.15, -0.1) is 0 Å². The van der Waals surface area contributed by atoms with Crippen LogP contribution in [0.2, 0.25) is 0 Å². The number of halogens is 1. The van der Waals surface area contributed by atoms with Crippen molar-refractivity contribution >= 4 is 27.4 Å². The van der Waals surface area contributed by atoms with Crippen molar-refractivity contribution in [2.24, 2.45) is 0 Å². The largest absolute Gasteiger partial charge is 0.384 e. The Morgan fingerprint density at radius 2 is 1.90 bits per heavy atom. The lowest BCUT2D eigenvalue weighted by Crippen LogP contribution is -2.30. The second-order valence-electron chi connectivity index (χ2n) is 7.39. The topological polar surface area (TPSA) is 127 Å². The van der Waals surface area contributed by atoms with Gasteiger partial charge < -0.3 is 16.4 Å². The molecule has 0 atom stereocenters. The van der Waals surface area contributed by atoms with E-state index >= 15 is 0 Å². The van der Waals surface area contributed by atoms with Gasteiger partial charge in [-0.05, 0) is 49.9 Å². The zero-order chi connectivity index (χ0) is 20.6. The van der Waals surface area contributed by atoms with Crippen LogP contribution in [0.3, 0.4) is 0 Å². The fraction of sp³-hybridized carbons (Fsp3) is 0.421. The maximum absolute atomic E-state index is 12.9. The Labute approximate surface area is 168 Å². The van der Waals surface area contributed by atoms with Gasteiger partial charge in [-0.2, -0.15) is 0 Å². The maximum atomic E-state index is 12.9. The Hall–Kier alpha value is -2.75. The van der Waals surface area contributed by atoms with Crippen molar-refractivity contribution in [1.29, 1.82) is 0 Å². The number of benzene rings is 1. The number of anilines is 2. The van der Waals surface area contributed by atoms with Crippen LogP contribution >= 0.6 is 0 Å². The van der Waals surface area contributed by atoms with Crippen LogP contribution in [0.5, 0.6) is 0 Å². The number of sulfone groups is 1. The molecule has 0 unspecified atom stereocenters.